The number of halogens is 1. The molecule has 0 aromatic heterocycles. The first-order chi connectivity index (χ1) is 21.2. The van der Waals surface area contributed by atoms with E-state index in [1.807, 2.05) is 37.3 Å². The first-order valence-electron chi connectivity index (χ1n) is 15.5. The average Bonchev–Trinajstić information content (AvgIpc) is 3.62. The number of nitrogens with zero attached hydrogens (tertiary/aromatic N) is 2. The highest BCUT2D eigenvalue weighted by molar-refractivity contribution is 9.09. The molecular formula is C33H44BrN3O7. The smallest absolute Gasteiger partial charge is 0.306 e. The topological polar surface area (TPSA) is 125 Å². The molecule has 11 heteroatoms. The molecule has 240 valence electrons. The minimum absolute atomic E-state index is 0.0802. The van der Waals surface area contributed by atoms with E-state index in [4.69, 9.17) is 9.47 Å². The lowest BCUT2D eigenvalue weighted by Gasteiger charge is -2.37. The second-order valence-electron chi connectivity index (χ2n) is 11.7. The maximum atomic E-state index is 14.2. The van der Waals surface area contributed by atoms with E-state index in [2.05, 4.69) is 34.4 Å². The monoisotopic (exact) mass is 673 g/mol. The van der Waals surface area contributed by atoms with E-state index in [0.29, 0.717) is 32.4 Å². The number of unbranched alkanes of at least 4 members (excludes halogenated alkanes) is 1. The molecule has 3 fully saturated rings. The van der Waals surface area contributed by atoms with Crippen molar-refractivity contribution in [3.63, 3.8) is 0 Å². The minimum Gasteiger partial charge on any atom is -0.463 e. The van der Waals surface area contributed by atoms with Gasteiger partial charge in [-0.25, -0.2) is 0 Å². The van der Waals surface area contributed by atoms with Crippen LogP contribution >= 0.6 is 15.9 Å². The molecule has 3 amide bonds. The lowest BCUT2D eigenvalue weighted by molar-refractivity contribution is -0.148. The Hall–Kier alpha value is -3.02. The number of allylic oxidation sites excluding steroid dienone is 1. The lowest BCUT2D eigenvalue weighted by atomic mass is 9.70. The summed E-state index contributed by atoms with van der Waals surface area (Å²) in [6, 6.07) is 7.62. The number of esters is 1. The van der Waals surface area contributed by atoms with Gasteiger partial charge < -0.3 is 29.7 Å². The number of rotatable bonds is 17. The number of nitrogens with one attached hydrogen (secondary N) is 1. The van der Waals surface area contributed by atoms with Crippen molar-refractivity contribution in [2.24, 2.45) is 11.8 Å². The van der Waals surface area contributed by atoms with Crippen molar-refractivity contribution in [2.75, 3.05) is 32.8 Å². The van der Waals surface area contributed by atoms with Crippen LogP contribution in [-0.2, 0) is 28.7 Å². The molecule has 0 aliphatic carbocycles. The zero-order valence-corrected chi connectivity index (χ0v) is 27.0. The van der Waals surface area contributed by atoms with Gasteiger partial charge in [0.25, 0.3) is 0 Å². The van der Waals surface area contributed by atoms with E-state index in [-0.39, 0.29) is 42.8 Å². The summed E-state index contributed by atoms with van der Waals surface area (Å²) >= 11 is 3.71. The third-order valence-electron chi connectivity index (χ3n) is 8.81. The number of carbonyl (C=O) groups excluding carboxylic acids is 4. The van der Waals surface area contributed by atoms with Crippen molar-refractivity contribution in [2.45, 2.75) is 74.1 Å². The molecule has 1 aromatic carbocycles. The van der Waals surface area contributed by atoms with Crippen molar-refractivity contribution in [3.05, 3.63) is 61.2 Å². The Morgan fingerprint density at radius 3 is 2.66 bits per heavy atom. The number of likely N-dealkylation sites (tertiary alicyclic amines) is 1. The second-order valence-corrected chi connectivity index (χ2v) is 12.9. The van der Waals surface area contributed by atoms with E-state index in [1.165, 1.54) is 4.90 Å². The van der Waals surface area contributed by atoms with Crippen LogP contribution in [0.25, 0.3) is 0 Å². The summed E-state index contributed by atoms with van der Waals surface area (Å²) in [6.07, 6.45) is 5.71. The molecule has 4 rings (SSSR count). The number of hydrogen-bond acceptors (Lipinski definition) is 7. The van der Waals surface area contributed by atoms with Gasteiger partial charge in [-0.05, 0) is 31.2 Å². The van der Waals surface area contributed by atoms with Gasteiger partial charge in [0.1, 0.15) is 18.2 Å². The van der Waals surface area contributed by atoms with E-state index in [0.717, 1.165) is 18.4 Å². The van der Waals surface area contributed by atoms with Crippen molar-refractivity contribution >= 4 is 39.6 Å². The number of ether oxygens (including phenoxy) is 2. The van der Waals surface area contributed by atoms with Gasteiger partial charge in [-0.3, -0.25) is 19.2 Å². The number of aliphatic hydroxyl groups excluding tert-OH is 1. The minimum atomic E-state index is -1.20. The Balaban J connectivity index is 1.64. The standard InChI is InChI=1S/C33H44BrN3O7/c1-4-7-15-25(39)43-21-24(22-13-10-9-11-14-22)35-30(40)26-27-31(41)37(18-12-19-38)29(33(27)20-23(34)28(26)44-33)32(42)36(16-6-3)17-8-5-2/h4,6,9-11,13-14,23-24,26-29,38H,1,3,5,7-8,12,15-21H2,2H3,(H,35,40)/t23?,24-,26-,27+,28-,29-,33+/m1/s1. The van der Waals surface area contributed by atoms with Gasteiger partial charge in [-0.1, -0.05) is 71.8 Å². The third-order valence-corrected chi connectivity index (χ3v) is 9.65. The van der Waals surface area contributed by atoms with Gasteiger partial charge in [0, 0.05) is 37.5 Å². The first-order valence-corrected chi connectivity index (χ1v) is 16.4. The molecule has 1 spiro atoms. The second kappa shape index (κ2) is 15.3. The van der Waals surface area contributed by atoms with Gasteiger partial charge in [-0.15, -0.1) is 13.2 Å². The fourth-order valence-electron chi connectivity index (χ4n) is 6.80. The number of benzene rings is 1. The molecule has 7 atom stereocenters. The quantitative estimate of drug-likeness (QED) is 0.148. The third kappa shape index (κ3) is 6.79. The Kier molecular flexibility index (Phi) is 11.8. The van der Waals surface area contributed by atoms with E-state index in [1.54, 1.807) is 17.1 Å². The Morgan fingerprint density at radius 1 is 1.25 bits per heavy atom. The summed E-state index contributed by atoms with van der Waals surface area (Å²) < 4.78 is 12.1. The van der Waals surface area contributed by atoms with Crippen molar-refractivity contribution in [1.29, 1.82) is 0 Å². The lowest BCUT2D eigenvalue weighted by Crippen LogP contribution is -2.57. The molecule has 2 N–H and O–H groups in total. The molecule has 0 radical (unpaired) electrons. The average molecular weight is 675 g/mol. The summed E-state index contributed by atoms with van der Waals surface area (Å²) in [7, 11) is 0. The zero-order chi connectivity index (χ0) is 31.9. The highest BCUT2D eigenvalue weighted by Gasteiger charge is 2.76. The number of alkyl halides is 1. The fourth-order valence-corrected chi connectivity index (χ4v) is 7.74. The molecule has 1 aromatic rings. The van der Waals surface area contributed by atoms with Crippen LogP contribution in [0, 0.1) is 11.8 Å². The highest BCUT2D eigenvalue weighted by Crippen LogP contribution is 2.60. The van der Waals surface area contributed by atoms with Gasteiger partial charge in [-0.2, -0.15) is 0 Å². The predicted octanol–water partition coefficient (Wildman–Crippen LogP) is 3.30. The highest BCUT2D eigenvalue weighted by atomic mass is 79.9. The molecular weight excluding hydrogens is 630 g/mol. The number of fused-ring (bicyclic) bond motifs is 1. The number of hydrogen-bond donors (Lipinski definition) is 2. The molecule has 10 nitrogen and oxygen atoms in total. The normalized spacial score (nSPS) is 27.5. The Bertz CT molecular complexity index is 1210. The van der Waals surface area contributed by atoms with Crippen molar-refractivity contribution in [1.82, 2.24) is 15.1 Å². The SMILES string of the molecule is C=CCCC(=O)OC[C@@H](NC(=O)[C@H]1[C@@H]2O[C@@]3(CC2Br)[C@@H]1C(=O)N(CCCO)[C@@H]3C(=O)N(CC=C)CCCC)c1ccccc1. The Labute approximate surface area is 267 Å². The molecule has 3 aliphatic heterocycles. The Morgan fingerprint density at radius 2 is 2.00 bits per heavy atom. The van der Waals surface area contributed by atoms with Crippen molar-refractivity contribution in [3.8, 4) is 0 Å². The van der Waals surface area contributed by atoms with Crippen LogP contribution in [0.1, 0.15) is 57.1 Å². The number of amides is 3. The largest absolute Gasteiger partial charge is 0.463 e. The van der Waals surface area contributed by atoms with Crippen LogP contribution in [0.3, 0.4) is 0 Å². The van der Waals surface area contributed by atoms with Crippen LogP contribution in [0.2, 0.25) is 0 Å². The van der Waals surface area contributed by atoms with E-state index >= 15 is 0 Å². The number of aliphatic hydroxyl groups is 1. The maximum absolute atomic E-state index is 14.2. The van der Waals surface area contributed by atoms with E-state index in [9.17, 15) is 24.3 Å². The zero-order valence-electron chi connectivity index (χ0n) is 25.4. The molecule has 1 unspecified atom stereocenters. The summed E-state index contributed by atoms with van der Waals surface area (Å²) in [6.45, 7) is 10.3. The molecule has 3 heterocycles. The first kappa shape index (κ1) is 33.9. The van der Waals surface area contributed by atoms with E-state index < -0.39 is 47.5 Å². The number of carbonyl (C=O) groups is 4. The summed E-state index contributed by atoms with van der Waals surface area (Å²) in [4.78, 5) is 57.8. The predicted molar refractivity (Wildman–Crippen MR) is 169 cm³/mol. The summed E-state index contributed by atoms with van der Waals surface area (Å²) in [5, 5.41) is 12.7. The molecule has 3 saturated heterocycles. The molecule has 3 aliphatic rings. The van der Waals surface area contributed by atoms with Crippen molar-refractivity contribution < 1.29 is 33.8 Å². The van der Waals surface area contributed by atoms with Gasteiger partial charge in [0.2, 0.25) is 17.7 Å². The molecule has 2 bridgehead atoms. The van der Waals surface area contributed by atoms with Gasteiger partial charge in [0.05, 0.1) is 24.0 Å². The van der Waals surface area contributed by atoms with Crippen LogP contribution in [0.5, 0.6) is 0 Å². The van der Waals surface area contributed by atoms with Crippen LogP contribution < -0.4 is 5.32 Å². The van der Waals surface area contributed by atoms with Gasteiger partial charge >= 0.3 is 5.97 Å². The molecule has 0 saturated carbocycles. The fraction of sp³-hybridized carbons (Fsp3) is 0.576. The van der Waals surface area contributed by atoms with Gasteiger partial charge in [0.15, 0.2) is 0 Å². The van der Waals surface area contributed by atoms with Crippen LogP contribution in [0.4, 0.5) is 0 Å². The summed E-state index contributed by atoms with van der Waals surface area (Å²) in [5.41, 5.74) is -0.451. The molecule has 44 heavy (non-hydrogen) atoms. The summed E-state index contributed by atoms with van der Waals surface area (Å²) in [5.74, 6) is -3.11. The van der Waals surface area contributed by atoms with Crippen LogP contribution in [-0.4, -0.2) is 94.0 Å². The van der Waals surface area contributed by atoms with Crippen LogP contribution in [0.15, 0.2) is 55.6 Å². The maximum Gasteiger partial charge on any atom is 0.306 e.